The standard InChI is InChI=1S/C15H25N5O2/c1-19(2)9-7-17-14(21)12-5-6-16-13(11-12)15(22)18-8-10-20(3)4/h5-6,11H,7-10H2,1-4H3,(H,17,21)(H,18,22). The summed E-state index contributed by atoms with van der Waals surface area (Å²) in [5, 5.41) is 5.58. The molecule has 1 aromatic rings. The van der Waals surface area contributed by atoms with Gasteiger partial charge < -0.3 is 20.4 Å². The van der Waals surface area contributed by atoms with Crippen LogP contribution in [0.5, 0.6) is 0 Å². The predicted molar refractivity (Wildman–Crippen MR) is 86.0 cm³/mol. The molecule has 0 fully saturated rings. The monoisotopic (exact) mass is 307 g/mol. The van der Waals surface area contributed by atoms with Gasteiger partial charge in [0.25, 0.3) is 11.8 Å². The number of hydrogen-bond acceptors (Lipinski definition) is 5. The van der Waals surface area contributed by atoms with Crippen LogP contribution in [0.25, 0.3) is 0 Å². The van der Waals surface area contributed by atoms with Crippen LogP contribution in [-0.2, 0) is 0 Å². The van der Waals surface area contributed by atoms with E-state index in [-0.39, 0.29) is 17.5 Å². The predicted octanol–water partition coefficient (Wildman–Crippen LogP) is -0.336. The molecule has 1 aromatic heterocycles. The molecule has 1 heterocycles. The lowest BCUT2D eigenvalue weighted by Crippen LogP contribution is -2.33. The molecule has 0 unspecified atom stereocenters. The molecule has 7 heteroatoms. The maximum absolute atomic E-state index is 12.0. The van der Waals surface area contributed by atoms with Crippen LogP contribution in [0.2, 0.25) is 0 Å². The summed E-state index contributed by atoms with van der Waals surface area (Å²) in [5.41, 5.74) is 0.686. The molecule has 22 heavy (non-hydrogen) atoms. The number of carbonyl (C=O) groups is 2. The van der Waals surface area contributed by atoms with Crippen molar-refractivity contribution in [3.8, 4) is 0 Å². The molecule has 0 atom stereocenters. The van der Waals surface area contributed by atoms with Gasteiger partial charge in [-0.1, -0.05) is 0 Å². The zero-order valence-corrected chi connectivity index (χ0v) is 13.7. The second kappa shape index (κ2) is 9.11. The highest BCUT2D eigenvalue weighted by Crippen LogP contribution is 2.02. The Morgan fingerprint density at radius 1 is 1.00 bits per heavy atom. The molecule has 2 N–H and O–H groups in total. The van der Waals surface area contributed by atoms with Gasteiger partial charge in [0.15, 0.2) is 0 Å². The third-order valence-corrected chi connectivity index (χ3v) is 2.94. The second-order valence-electron chi connectivity index (χ2n) is 5.55. The van der Waals surface area contributed by atoms with E-state index in [4.69, 9.17) is 0 Å². The van der Waals surface area contributed by atoms with Crippen LogP contribution in [0.4, 0.5) is 0 Å². The van der Waals surface area contributed by atoms with Crippen LogP contribution in [0.1, 0.15) is 20.8 Å². The summed E-state index contributed by atoms with van der Waals surface area (Å²) in [6.07, 6.45) is 1.47. The number of nitrogens with zero attached hydrogens (tertiary/aromatic N) is 3. The topological polar surface area (TPSA) is 77.6 Å². The highest BCUT2D eigenvalue weighted by molar-refractivity contribution is 5.98. The Bertz CT molecular complexity index is 461. The van der Waals surface area contributed by atoms with Crippen molar-refractivity contribution in [3.63, 3.8) is 0 Å². The maximum Gasteiger partial charge on any atom is 0.269 e. The first-order chi connectivity index (χ1) is 10.4. The lowest BCUT2D eigenvalue weighted by Gasteiger charge is -2.11. The molecule has 0 aliphatic carbocycles. The largest absolute Gasteiger partial charge is 0.351 e. The number of amides is 2. The molecule has 2 amide bonds. The van der Waals surface area contributed by atoms with Crippen molar-refractivity contribution < 1.29 is 9.59 Å². The van der Waals surface area contributed by atoms with Gasteiger partial charge >= 0.3 is 0 Å². The minimum Gasteiger partial charge on any atom is -0.351 e. The molecular formula is C15H25N5O2. The van der Waals surface area contributed by atoms with Crippen molar-refractivity contribution in [2.75, 3.05) is 54.4 Å². The van der Waals surface area contributed by atoms with E-state index >= 15 is 0 Å². The Kier molecular flexibility index (Phi) is 7.48. The zero-order valence-electron chi connectivity index (χ0n) is 13.7. The molecule has 0 aliphatic heterocycles. The second-order valence-corrected chi connectivity index (χ2v) is 5.55. The van der Waals surface area contributed by atoms with Crippen LogP contribution in [0.3, 0.4) is 0 Å². The van der Waals surface area contributed by atoms with Crippen LogP contribution in [0, 0.1) is 0 Å². The molecular weight excluding hydrogens is 282 g/mol. The molecule has 122 valence electrons. The van der Waals surface area contributed by atoms with E-state index in [9.17, 15) is 9.59 Å². The summed E-state index contributed by atoms with van der Waals surface area (Å²) in [7, 11) is 7.75. The number of pyridine rings is 1. The molecule has 7 nitrogen and oxygen atoms in total. The normalized spacial score (nSPS) is 10.8. The average molecular weight is 307 g/mol. The zero-order chi connectivity index (χ0) is 16.5. The van der Waals surface area contributed by atoms with E-state index in [1.807, 2.05) is 38.0 Å². The first-order valence-corrected chi connectivity index (χ1v) is 7.22. The summed E-state index contributed by atoms with van der Waals surface area (Å²) in [4.78, 5) is 32.0. The van der Waals surface area contributed by atoms with Gasteiger partial charge in [-0.3, -0.25) is 14.6 Å². The fraction of sp³-hybridized carbons (Fsp3) is 0.533. The minimum atomic E-state index is -0.273. The minimum absolute atomic E-state index is 0.202. The van der Waals surface area contributed by atoms with Gasteiger partial charge in [-0.15, -0.1) is 0 Å². The maximum atomic E-state index is 12.0. The molecule has 0 bridgehead atoms. The number of nitrogens with one attached hydrogen (secondary N) is 2. The fourth-order valence-electron chi connectivity index (χ4n) is 1.67. The first kappa shape index (κ1) is 18.1. The molecule has 1 rings (SSSR count). The van der Waals surface area contributed by atoms with Crippen molar-refractivity contribution in [1.82, 2.24) is 25.4 Å². The number of rotatable bonds is 8. The molecule has 0 spiro atoms. The lowest BCUT2D eigenvalue weighted by atomic mass is 10.2. The van der Waals surface area contributed by atoms with Crippen LogP contribution < -0.4 is 10.6 Å². The van der Waals surface area contributed by atoms with E-state index in [1.54, 1.807) is 6.07 Å². The Morgan fingerprint density at radius 2 is 1.55 bits per heavy atom. The van der Waals surface area contributed by atoms with Gasteiger partial charge in [-0.05, 0) is 40.3 Å². The first-order valence-electron chi connectivity index (χ1n) is 7.22. The smallest absolute Gasteiger partial charge is 0.269 e. The van der Waals surface area contributed by atoms with Gasteiger partial charge in [0.2, 0.25) is 0 Å². The van der Waals surface area contributed by atoms with Crippen LogP contribution in [-0.4, -0.2) is 81.0 Å². The summed E-state index contributed by atoms with van der Waals surface area (Å²) in [5.74, 6) is -0.476. The van der Waals surface area contributed by atoms with Gasteiger partial charge in [-0.2, -0.15) is 0 Å². The number of aromatic nitrogens is 1. The van der Waals surface area contributed by atoms with E-state index in [0.29, 0.717) is 18.7 Å². The van der Waals surface area contributed by atoms with Crippen LogP contribution in [0.15, 0.2) is 18.3 Å². The SMILES string of the molecule is CN(C)CCNC(=O)c1ccnc(C(=O)NCCN(C)C)c1. The van der Waals surface area contributed by atoms with Gasteiger partial charge in [0.05, 0.1) is 0 Å². The van der Waals surface area contributed by atoms with Gasteiger partial charge in [-0.25, -0.2) is 0 Å². The molecule has 0 saturated carbocycles. The summed E-state index contributed by atoms with van der Waals surface area (Å²) in [6.45, 7) is 2.59. The third-order valence-electron chi connectivity index (χ3n) is 2.94. The summed E-state index contributed by atoms with van der Waals surface area (Å²) in [6, 6.07) is 3.11. The quantitative estimate of drug-likeness (QED) is 0.687. The van der Waals surface area contributed by atoms with Crippen molar-refractivity contribution >= 4 is 11.8 Å². The van der Waals surface area contributed by atoms with Crippen molar-refractivity contribution in [1.29, 1.82) is 0 Å². The van der Waals surface area contributed by atoms with Crippen molar-refractivity contribution in [3.05, 3.63) is 29.6 Å². The Balaban J connectivity index is 2.57. The number of hydrogen-bond donors (Lipinski definition) is 2. The lowest BCUT2D eigenvalue weighted by molar-refractivity contribution is 0.0946. The Morgan fingerprint density at radius 3 is 2.09 bits per heavy atom. The van der Waals surface area contributed by atoms with E-state index in [1.165, 1.54) is 12.3 Å². The fourth-order valence-corrected chi connectivity index (χ4v) is 1.67. The Hall–Kier alpha value is -1.99. The molecule has 0 aromatic carbocycles. The third kappa shape index (κ3) is 6.64. The Labute approximate surface area is 131 Å². The average Bonchev–Trinajstić information content (AvgIpc) is 2.46. The van der Waals surface area contributed by atoms with E-state index in [0.717, 1.165) is 13.1 Å². The van der Waals surface area contributed by atoms with E-state index in [2.05, 4.69) is 15.6 Å². The van der Waals surface area contributed by atoms with E-state index < -0.39 is 0 Å². The van der Waals surface area contributed by atoms with Crippen molar-refractivity contribution in [2.45, 2.75) is 0 Å². The number of carbonyl (C=O) groups excluding carboxylic acids is 2. The molecule has 0 saturated heterocycles. The highest BCUT2D eigenvalue weighted by Gasteiger charge is 2.11. The van der Waals surface area contributed by atoms with Crippen LogP contribution >= 0.6 is 0 Å². The highest BCUT2D eigenvalue weighted by atomic mass is 16.2. The van der Waals surface area contributed by atoms with Gasteiger partial charge in [0, 0.05) is 37.9 Å². The number of likely N-dealkylation sites (N-methyl/N-ethyl adjacent to an activating group) is 2. The summed E-state index contributed by atoms with van der Waals surface area (Å²) < 4.78 is 0. The molecule has 0 radical (unpaired) electrons. The molecule has 0 aliphatic rings. The van der Waals surface area contributed by atoms with Gasteiger partial charge in [0.1, 0.15) is 5.69 Å². The van der Waals surface area contributed by atoms with Crippen molar-refractivity contribution in [2.24, 2.45) is 0 Å². The summed E-state index contributed by atoms with van der Waals surface area (Å²) >= 11 is 0.